The zero-order chi connectivity index (χ0) is 7.82. The maximum atomic E-state index is 11.5. The molecule has 0 aliphatic carbocycles. The van der Waals surface area contributed by atoms with E-state index in [1.807, 2.05) is 0 Å². The fourth-order valence-electron chi connectivity index (χ4n) is 0.643. The van der Waals surface area contributed by atoms with E-state index in [0.29, 0.717) is 12.8 Å². The number of esters is 1. The molecule has 0 aromatic carbocycles. The third-order valence-electron chi connectivity index (χ3n) is 1.24. The summed E-state index contributed by atoms with van der Waals surface area (Å²) in [6, 6.07) is 0. The normalized spacial score (nSPS) is 9.40. The fraction of sp³-hybridized carbons (Fsp3) is 0.857. The predicted octanol–water partition coefficient (Wildman–Crippen LogP) is 1.69. The second kappa shape index (κ2) is 6.52. The first-order chi connectivity index (χ1) is 4.81. The zero-order valence-corrected chi connectivity index (χ0v) is 6.23. The molecule has 0 saturated heterocycles. The Morgan fingerprint density at radius 3 is 2.60 bits per heavy atom. The van der Waals surface area contributed by atoms with Crippen molar-refractivity contribution in [3.8, 4) is 0 Å². The van der Waals surface area contributed by atoms with Gasteiger partial charge in [-0.05, 0) is 12.8 Å². The van der Waals surface area contributed by atoms with Crippen molar-refractivity contribution >= 4 is 5.97 Å². The standard InChI is InChI=1S/C7H13FO2/c1-10-7(9)5-3-2-4-6-8/h2-6H2,1H3. The number of ether oxygens (including phenoxy) is 1. The topological polar surface area (TPSA) is 26.3 Å². The average molecular weight is 148 g/mol. The summed E-state index contributed by atoms with van der Waals surface area (Å²) in [6.07, 6.45) is 2.47. The first-order valence-electron chi connectivity index (χ1n) is 3.44. The van der Waals surface area contributed by atoms with Crippen LogP contribution in [0.5, 0.6) is 0 Å². The molecule has 60 valence electrons. The van der Waals surface area contributed by atoms with E-state index in [4.69, 9.17) is 0 Å². The summed E-state index contributed by atoms with van der Waals surface area (Å²) in [6.45, 7) is -0.291. The smallest absolute Gasteiger partial charge is 0.305 e. The van der Waals surface area contributed by atoms with Crippen molar-refractivity contribution in [3.63, 3.8) is 0 Å². The van der Waals surface area contributed by atoms with E-state index in [1.54, 1.807) is 0 Å². The summed E-state index contributed by atoms with van der Waals surface area (Å²) in [7, 11) is 1.36. The third-order valence-corrected chi connectivity index (χ3v) is 1.24. The third kappa shape index (κ3) is 5.54. The van der Waals surface area contributed by atoms with Gasteiger partial charge in [-0.25, -0.2) is 0 Å². The molecule has 0 amide bonds. The van der Waals surface area contributed by atoms with Gasteiger partial charge in [0.25, 0.3) is 0 Å². The molecule has 0 aliphatic rings. The van der Waals surface area contributed by atoms with Gasteiger partial charge in [-0.2, -0.15) is 0 Å². The molecule has 10 heavy (non-hydrogen) atoms. The molecular weight excluding hydrogens is 135 g/mol. The molecule has 0 rings (SSSR count). The Labute approximate surface area is 60.4 Å². The minimum atomic E-state index is -0.291. The lowest BCUT2D eigenvalue weighted by Crippen LogP contribution is -1.99. The van der Waals surface area contributed by atoms with Gasteiger partial charge in [0, 0.05) is 6.42 Å². The Bertz CT molecular complexity index is 93.6. The van der Waals surface area contributed by atoms with Gasteiger partial charge < -0.3 is 4.74 Å². The van der Waals surface area contributed by atoms with Crippen molar-refractivity contribution < 1.29 is 13.9 Å². The molecule has 0 heterocycles. The van der Waals surface area contributed by atoms with Crippen molar-refractivity contribution in [2.75, 3.05) is 13.8 Å². The van der Waals surface area contributed by atoms with Crippen molar-refractivity contribution in [1.82, 2.24) is 0 Å². The number of hydrogen-bond acceptors (Lipinski definition) is 2. The Kier molecular flexibility index (Phi) is 6.13. The Morgan fingerprint density at radius 1 is 1.40 bits per heavy atom. The molecule has 0 aliphatic heterocycles. The maximum Gasteiger partial charge on any atom is 0.305 e. The summed E-state index contributed by atoms with van der Waals surface area (Å²) in [4.78, 5) is 10.5. The van der Waals surface area contributed by atoms with Gasteiger partial charge in [0.1, 0.15) is 0 Å². The van der Waals surface area contributed by atoms with Gasteiger partial charge in [-0.3, -0.25) is 9.18 Å². The second-order valence-electron chi connectivity index (χ2n) is 2.08. The van der Waals surface area contributed by atoms with Gasteiger partial charge in [0.05, 0.1) is 13.8 Å². The van der Waals surface area contributed by atoms with Gasteiger partial charge >= 0.3 is 5.97 Å². The number of hydrogen-bond donors (Lipinski definition) is 0. The van der Waals surface area contributed by atoms with Crippen LogP contribution >= 0.6 is 0 Å². The van der Waals surface area contributed by atoms with Crippen LogP contribution < -0.4 is 0 Å². The minimum Gasteiger partial charge on any atom is -0.469 e. The monoisotopic (exact) mass is 148 g/mol. The highest BCUT2D eigenvalue weighted by Crippen LogP contribution is 2.00. The number of rotatable bonds is 5. The fourth-order valence-corrected chi connectivity index (χ4v) is 0.643. The molecule has 2 nitrogen and oxygen atoms in total. The number of carbonyl (C=O) groups excluding carboxylic acids is 1. The Morgan fingerprint density at radius 2 is 2.10 bits per heavy atom. The van der Waals surface area contributed by atoms with Crippen molar-refractivity contribution in [3.05, 3.63) is 0 Å². The van der Waals surface area contributed by atoms with Crippen LogP contribution in [0, 0.1) is 0 Å². The lowest BCUT2D eigenvalue weighted by atomic mass is 10.2. The van der Waals surface area contributed by atoms with Crippen LogP contribution in [0.15, 0.2) is 0 Å². The summed E-state index contributed by atoms with van der Waals surface area (Å²) < 4.78 is 15.9. The SMILES string of the molecule is COC(=O)CCCCCF. The number of unbranched alkanes of at least 4 members (excludes halogenated alkanes) is 2. The quantitative estimate of drug-likeness (QED) is 0.438. The van der Waals surface area contributed by atoms with Crippen molar-refractivity contribution in [2.45, 2.75) is 25.7 Å². The summed E-state index contributed by atoms with van der Waals surface area (Å²) >= 11 is 0. The van der Waals surface area contributed by atoms with E-state index in [9.17, 15) is 9.18 Å². The summed E-state index contributed by atoms with van der Waals surface area (Å²) in [5.74, 6) is -0.209. The van der Waals surface area contributed by atoms with Gasteiger partial charge in [0.15, 0.2) is 0 Å². The first-order valence-corrected chi connectivity index (χ1v) is 3.44. The van der Waals surface area contributed by atoms with E-state index in [2.05, 4.69) is 4.74 Å². The van der Waals surface area contributed by atoms with Crippen molar-refractivity contribution in [1.29, 1.82) is 0 Å². The maximum absolute atomic E-state index is 11.5. The molecule has 0 radical (unpaired) electrons. The second-order valence-corrected chi connectivity index (χ2v) is 2.08. The molecule has 0 aromatic heterocycles. The lowest BCUT2D eigenvalue weighted by molar-refractivity contribution is -0.140. The van der Waals surface area contributed by atoms with E-state index in [0.717, 1.165) is 12.8 Å². The van der Waals surface area contributed by atoms with Crippen LogP contribution in [-0.2, 0) is 9.53 Å². The van der Waals surface area contributed by atoms with Gasteiger partial charge in [-0.1, -0.05) is 6.42 Å². The van der Waals surface area contributed by atoms with Crippen LogP contribution in [0.4, 0.5) is 4.39 Å². The number of halogens is 1. The largest absolute Gasteiger partial charge is 0.469 e. The highest BCUT2D eigenvalue weighted by atomic mass is 19.1. The summed E-state index contributed by atoms with van der Waals surface area (Å²) in [5.41, 5.74) is 0. The van der Waals surface area contributed by atoms with E-state index >= 15 is 0 Å². The zero-order valence-electron chi connectivity index (χ0n) is 6.23. The molecule has 0 aromatic rings. The van der Waals surface area contributed by atoms with E-state index in [-0.39, 0.29) is 12.6 Å². The number of alkyl halides is 1. The van der Waals surface area contributed by atoms with Gasteiger partial charge in [0.2, 0.25) is 0 Å². The van der Waals surface area contributed by atoms with Crippen LogP contribution in [0.25, 0.3) is 0 Å². The molecule has 0 spiro atoms. The lowest BCUT2D eigenvalue weighted by Gasteiger charge is -1.96. The van der Waals surface area contributed by atoms with Crippen LogP contribution in [0.2, 0.25) is 0 Å². The molecule has 0 bridgehead atoms. The van der Waals surface area contributed by atoms with E-state index in [1.165, 1.54) is 7.11 Å². The number of carbonyl (C=O) groups is 1. The highest BCUT2D eigenvalue weighted by molar-refractivity contribution is 5.68. The summed E-state index contributed by atoms with van der Waals surface area (Å²) in [5, 5.41) is 0. The highest BCUT2D eigenvalue weighted by Gasteiger charge is 1.97. The molecular formula is C7H13FO2. The molecule has 0 unspecified atom stereocenters. The van der Waals surface area contributed by atoms with Crippen LogP contribution in [0.3, 0.4) is 0 Å². The minimum absolute atomic E-state index is 0.209. The molecule has 0 fully saturated rings. The van der Waals surface area contributed by atoms with Gasteiger partial charge in [-0.15, -0.1) is 0 Å². The van der Waals surface area contributed by atoms with Crippen LogP contribution in [-0.4, -0.2) is 19.8 Å². The molecule has 0 atom stereocenters. The van der Waals surface area contributed by atoms with Crippen molar-refractivity contribution in [2.24, 2.45) is 0 Å². The first kappa shape index (κ1) is 9.40. The number of methoxy groups -OCH3 is 1. The predicted molar refractivity (Wildman–Crippen MR) is 36.5 cm³/mol. The molecule has 0 saturated carbocycles. The molecule has 3 heteroatoms. The Hall–Kier alpha value is -0.600. The average Bonchev–Trinajstić information content (AvgIpc) is 1.98. The molecule has 0 N–H and O–H groups in total. The Balaban J connectivity index is 2.96. The van der Waals surface area contributed by atoms with Crippen LogP contribution in [0.1, 0.15) is 25.7 Å². The van der Waals surface area contributed by atoms with E-state index < -0.39 is 0 Å².